The van der Waals surface area contributed by atoms with Gasteiger partial charge in [-0.1, -0.05) is 27.2 Å². The second kappa shape index (κ2) is 7.66. The molecule has 3 aliphatic rings. The fraction of sp³-hybridized carbons (Fsp3) is 0.455. The van der Waals surface area contributed by atoms with E-state index in [4.69, 9.17) is 0 Å². The van der Waals surface area contributed by atoms with Gasteiger partial charge in [-0.05, 0) is 35.4 Å². The van der Waals surface area contributed by atoms with Crippen molar-refractivity contribution in [3.05, 3.63) is 58.2 Å². The normalized spacial score (nSPS) is 25.7. The van der Waals surface area contributed by atoms with E-state index in [1.165, 1.54) is 0 Å². The van der Waals surface area contributed by atoms with Crippen molar-refractivity contribution >= 4 is 17.6 Å². The molecule has 0 aromatic heterocycles. The van der Waals surface area contributed by atoms with Crippen molar-refractivity contribution in [1.82, 2.24) is 0 Å². The van der Waals surface area contributed by atoms with E-state index in [-0.39, 0.29) is 18.3 Å². The van der Waals surface area contributed by atoms with Crippen LogP contribution >= 0.6 is 0 Å². The number of benzene rings is 2. The van der Waals surface area contributed by atoms with Crippen molar-refractivity contribution in [2.75, 3.05) is 0 Å². The van der Waals surface area contributed by atoms with Crippen LogP contribution in [0.4, 0.5) is 43.9 Å². The van der Waals surface area contributed by atoms with Gasteiger partial charge < -0.3 is 0 Å². The van der Waals surface area contributed by atoms with Crippen molar-refractivity contribution in [2.24, 2.45) is 23.2 Å². The molecule has 3 saturated carbocycles. The minimum Gasteiger partial charge on any atom is -0.204 e. The first-order valence-corrected chi connectivity index (χ1v) is 10.3. The van der Waals surface area contributed by atoms with Crippen LogP contribution in [0.3, 0.4) is 0 Å². The summed E-state index contributed by atoms with van der Waals surface area (Å²) in [4.78, 5) is 0. The quantitative estimate of drug-likeness (QED) is 0.226. The van der Waals surface area contributed by atoms with E-state index in [0.29, 0.717) is 6.42 Å². The summed E-state index contributed by atoms with van der Waals surface area (Å²) in [7, 11) is 0. The average Bonchev–Trinajstić information content (AvgIpc) is 2.77. The molecule has 4 atom stereocenters. The zero-order valence-corrected chi connectivity index (χ0v) is 17.6. The third kappa shape index (κ3) is 3.13. The van der Waals surface area contributed by atoms with E-state index in [9.17, 15) is 43.9 Å². The molecular weight excluding hydrogens is 465 g/mol. The van der Waals surface area contributed by atoms with Crippen LogP contribution in [0.2, 0.25) is 5.82 Å². The number of halogens is 10. The Morgan fingerprint density at radius 2 is 0.879 bits per heavy atom. The minimum absolute atomic E-state index is 0.0302. The Hall–Kier alpha value is -2.20. The van der Waals surface area contributed by atoms with Gasteiger partial charge in [0.1, 0.15) is 0 Å². The van der Waals surface area contributed by atoms with E-state index in [2.05, 4.69) is 0 Å². The second-order valence-corrected chi connectivity index (χ2v) is 9.59. The molecule has 3 fully saturated rings. The van der Waals surface area contributed by atoms with Gasteiger partial charge in [0.15, 0.2) is 58.2 Å². The lowest BCUT2D eigenvalue weighted by Crippen LogP contribution is -2.63. The molecule has 0 nitrogen and oxygen atoms in total. The maximum atomic E-state index is 14.8. The molecule has 2 unspecified atom stereocenters. The van der Waals surface area contributed by atoms with Crippen LogP contribution in [-0.2, 0) is 0 Å². The predicted octanol–water partition coefficient (Wildman–Crippen LogP) is 5.76. The largest absolute Gasteiger partial charge is 0.228 e. The molecule has 0 saturated heterocycles. The zero-order chi connectivity index (χ0) is 24.7. The van der Waals surface area contributed by atoms with Crippen molar-refractivity contribution < 1.29 is 43.9 Å². The molecule has 178 valence electrons. The van der Waals surface area contributed by atoms with Gasteiger partial charge in [0.25, 0.3) is 0 Å². The number of hydrogen-bond acceptors (Lipinski definition) is 0. The first-order valence-electron chi connectivity index (χ1n) is 10.3. The Balaban J connectivity index is 2.08. The van der Waals surface area contributed by atoms with E-state index in [1.54, 1.807) is 20.8 Å². The SMILES string of the molecule is C[C@H]1C[C@H](B(c2c(F)c(F)c(F)c(F)c2F)c2c(F)c(F)c(F)c(F)c2F)C2CC1C2(C)C. The lowest BCUT2D eigenvalue weighted by molar-refractivity contribution is -0.0987. The summed E-state index contributed by atoms with van der Waals surface area (Å²) in [5.41, 5.74) is -3.75. The van der Waals surface area contributed by atoms with E-state index < -0.39 is 93.0 Å². The fourth-order valence-corrected chi connectivity index (χ4v) is 6.18. The standard InChI is InChI=1S/C22H17BF10/c1-6-4-9(8-5-7(6)22(8,2)3)23(10-12(24)16(28)20(32)17(29)13(10)25)11-14(26)18(30)21(33)19(31)15(11)27/h6-9H,4-5H2,1-3H3/t6-,7?,8?,9-/m0/s1. The van der Waals surface area contributed by atoms with Crippen molar-refractivity contribution in [1.29, 1.82) is 0 Å². The van der Waals surface area contributed by atoms with Gasteiger partial charge in [-0.15, -0.1) is 0 Å². The summed E-state index contributed by atoms with van der Waals surface area (Å²) in [6.07, 6.45) is 0.447. The number of fused-ring (bicyclic) bond motifs is 2. The molecule has 0 amide bonds. The predicted molar refractivity (Wildman–Crippen MR) is 100 cm³/mol. The summed E-state index contributed by atoms with van der Waals surface area (Å²) >= 11 is 0. The van der Waals surface area contributed by atoms with Gasteiger partial charge >= 0.3 is 0 Å². The zero-order valence-electron chi connectivity index (χ0n) is 17.6. The summed E-state index contributed by atoms with van der Waals surface area (Å²) in [6, 6.07) is 0. The summed E-state index contributed by atoms with van der Waals surface area (Å²) in [5.74, 6) is -25.7. The molecule has 5 rings (SSSR count). The van der Waals surface area contributed by atoms with Crippen molar-refractivity contribution in [2.45, 2.75) is 39.4 Å². The van der Waals surface area contributed by atoms with Gasteiger partial charge in [0.05, 0.1) is 0 Å². The topological polar surface area (TPSA) is 0 Å². The first kappa shape index (κ1) is 23.9. The molecule has 3 aliphatic carbocycles. The maximum Gasteiger partial charge on any atom is 0.228 e. The fourth-order valence-electron chi connectivity index (χ4n) is 6.18. The molecule has 0 N–H and O–H groups in total. The third-order valence-electron chi connectivity index (χ3n) is 7.80. The van der Waals surface area contributed by atoms with Crippen LogP contribution < -0.4 is 10.9 Å². The lowest BCUT2D eigenvalue weighted by atomic mass is 9.24. The van der Waals surface area contributed by atoms with Crippen molar-refractivity contribution in [3.63, 3.8) is 0 Å². The molecule has 0 radical (unpaired) electrons. The lowest BCUT2D eigenvalue weighted by Gasteiger charge is -2.64. The van der Waals surface area contributed by atoms with Gasteiger partial charge in [-0.2, -0.15) is 0 Å². The van der Waals surface area contributed by atoms with E-state index in [0.717, 1.165) is 0 Å². The summed E-state index contributed by atoms with van der Waals surface area (Å²) in [5, 5.41) is 0. The Morgan fingerprint density at radius 3 is 1.18 bits per heavy atom. The minimum atomic E-state index is -2.49. The monoisotopic (exact) mass is 482 g/mol. The Kier molecular flexibility index (Phi) is 5.56. The van der Waals surface area contributed by atoms with Crippen LogP contribution in [0.1, 0.15) is 33.6 Å². The van der Waals surface area contributed by atoms with Crippen molar-refractivity contribution in [3.8, 4) is 0 Å². The highest BCUT2D eigenvalue weighted by Crippen LogP contribution is 2.66. The van der Waals surface area contributed by atoms with Crippen LogP contribution in [0.15, 0.2) is 0 Å². The van der Waals surface area contributed by atoms with Crippen LogP contribution in [-0.4, -0.2) is 6.71 Å². The molecule has 2 aromatic rings. The summed E-state index contributed by atoms with van der Waals surface area (Å²) < 4.78 is 143. The van der Waals surface area contributed by atoms with Gasteiger partial charge in [0, 0.05) is 10.9 Å². The summed E-state index contributed by atoms with van der Waals surface area (Å²) in [6.45, 7) is 3.01. The highest BCUT2D eigenvalue weighted by atomic mass is 19.2. The van der Waals surface area contributed by atoms with Crippen LogP contribution in [0.5, 0.6) is 0 Å². The van der Waals surface area contributed by atoms with Gasteiger partial charge in [0.2, 0.25) is 6.71 Å². The van der Waals surface area contributed by atoms with Gasteiger partial charge in [-0.3, -0.25) is 0 Å². The Labute approximate surface area is 183 Å². The number of rotatable bonds is 3. The Bertz CT molecular complexity index is 1030. The molecule has 0 aliphatic heterocycles. The molecular formula is C22H17BF10. The highest BCUT2D eigenvalue weighted by molar-refractivity contribution is 6.86. The molecule has 0 spiro atoms. The van der Waals surface area contributed by atoms with E-state index >= 15 is 0 Å². The average molecular weight is 482 g/mol. The second-order valence-electron chi connectivity index (χ2n) is 9.59. The maximum absolute atomic E-state index is 14.8. The number of hydrogen-bond donors (Lipinski definition) is 0. The third-order valence-corrected chi connectivity index (χ3v) is 7.80. The van der Waals surface area contributed by atoms with Crippen LogP contribution in [0, 0.1) is 81.3 Å². The Morgan fingerprint density at radius 1 is 0.545 bits per heavy atom. The molecule has 11 heteroatoms. The van der Waals surface area contributed by atoms with E-state index in [1.807, 2.05) is 0 Å². The highest BCUT2D eigenvalue weighted by Gasteiger charge is 2.60. The molecule has 2 bridgehead atoms. The molecule has 2 aromatic carbocycles. The molecule has 33 heavy (non-hydrogen) atoms. The van der Waals surface area contributed by atoms with Gasteiger partial charge in [-0.25, -0.2) is 43.9 Å². The first-order chi connectivity index (χ1) is 15.2. The molecule has 0 heterocycles. The van der Waals surface area contributed by atoms with Crippen LogP contribution in [0.25, 0.3) is 0 Å². The smallest absolute Gasteiger partial charge is 0.204 e.